The molecule has 0 saturated carbocycles. The lowest BCUT2D eigenvalue weighted by molar-refractivity contribution is -0.124. The third-order valence-electron chi connectivity index (χ3n) is 4.84. The van der Waals surface area contributed by atoms with Gasteiger partial charge in [0, 0.05) is 0 Å². The second-order valence-electron chi connectivity index (χ2n) is 6.83. The molecule has 0 aliphatic rings. The summed E-state index contributed by atoms with van der Waals surface area (Å²) in [7, 11) is 1.61. The molecule has 1 amide bonds. The van der Waals surface area contributed by atoms with Crippen LogP contribution in [0.5, 0.6) is 11.5 Å². The molecule has 3 atom stereocenters. The van der Waals surface area contributed by atoms with E-state index in [0.29, 0.717) is 18.1 Å². The molecule has 27 heavy (non-hydrogen) atoms. The number of amides is 1. The van der Waals surface area contributed by atoms with Crippen molar-refractivity contribution in [1.29, 1.82) is 0 Å². The van der Waals surface area contributed by atoms with Gasteiger partial charge < -0.3 is 20.5 Å². The average Bonchev–Trinajstić information content (AvgIpc) is 2.71. The van der Waals surface area contributed by atoms with E-state index in [1.54, 1.807) is 7.11 Å². The first-order chi connectivity index (χ1) is 13.0. The number of nitrogens with two attached hydrogens (primary N) is 1. The summed E-state index contributed by atoms with van der Waals surface area (Å²) in [6.45, 7) is 6.41. The standard InChI is InChI=1S/C22H30N2O3/c1-5-15(2)21(23)22(25)24-16(3)18-11-12-19(20(13-18)26-4)27-14-17-9-7-6-8-10-17/h6-13,15-16,21H,5,14,23H2,1-4H3,(H,24,25). The SMILES string of the molecule is CCC(C)C(N)C(=O)NC(C)c1ccc(OCc2ccccc2)c(OC)c1. The van der Waals surface area contributed by atoms with Gasteiger partial charge in [-0.05, 0) is 36.1 Å². The van der Waals surface area contributed by atoms with Gasteiger partial charge in [-0.1, -0.05) is 56.7 Å². The maximum Gasteiger partial charge on any atom is 0.237 e. The first kappa shape index (κ1) is 20.8. The highest BCUT2D eigenvalue weighted by Gasteiger charge is 2.21. The van der Waals surface area contributed by atoms with Gasteiger partial charge in [0.05, 0.1) is 19.2 Å². The van der Waals surface area contributed by atoms with Crippen molar-refractivity contribution in [3.8, 4) is 11.5 Å². The van der Waals surface area contributed by atoms with E-state index in [4.69, 9.17) is 15.2 Å². The summed E-state index contributed by atoms with van der Waals surface area (Å²) in [6, 6.07) is 15.0. The highest BCUT2D eigenvalue weighted by Crippen LogP contribution is 2.31. The molecule has 146 valence electrons. The zero-order valence-corrected chi connectivity index (χ0v) is 16.6. The quantitative estimate of drug-likeness (QED) is 0.704. The van der Waals surface area contributed by atoms with Gasteiger partial charge in [-0.2, -0.15) is 0 Å². The molecular weight excluding hydrogens is 340 g/mol. The van der Waals surface area contributed by atoms with Gasteiger partial charge in [0.25, 0.3) is 0 Å². The van der Waals surface area contributed by atoms with Gasteiger partial charge in [-0.25, -0.2) is 0 Å². The summed E-state index contributed by atoms with van der Waals surface area (Å²) >= 11 is 0. The second kappa shape index (κ2) is 9.97. The Morgan fingerprint density at radius 1 is 1.11 bits per heavy atom. The zero-order chi connectivity index (χ0) is 19.8. The number of hydrogen-bond acceptors (Lipinski definition) is 4. The molecule has 3 unspecified atom stereocenters. The molecule has 0 bridgehead atoms. The number of methoxy groups -OCH3 is 1. The highest BCUT2D eigenvalue weighted by molar-refractivity contribution is 5.82. The fraction of sp³-hybridized carbons (Fsp3) is 0.409. The van der Waals surface area contributed by atoms with Crippen LogP contribution >= 0.6 is 0 Å². The van der Waals surface area contributed by atoms with Crippen LogP contribution in [0.15, 0.2) is 48.5 Å². The minimum absolute atomic E-state index is 0.139. The molecule has 0 fully saturated rings. The molecule has 2 aromatic carbocycles. The third kappa shape index (κ3) is 5.73. The number of hydrogen-bond donors (Lipinski definition) is 2. The van der Waals surface area contributed by atoms with Crippen LogP contribution in [0.1, 0.15) is 44.4 Å². The number of rotatable bonds is 9. The monoisotopic (exact) mass is 370 g/mol. The van der Waals surface area contributed by atoms with Gasteiger partial charge in [-0.3, -0.25) is 4.79 Å². The highest BCUT2D eigenvalue weighted by atomic mass is 16.5. The lowest BCUT2D eigenvalue weighted by atomic mass is 9.98. The van der Waals surface area contributed by atoms with E-state index >= 15 is 0 Å². The lowest BCUT2D eigenvalue weighted by Crippen LogP contribution is -2.45. The first-order valence-electron chi connectivity index (χ1n) is 9.36. The number of nitrogens with one attached hydrogen (secondary N) is 1. The predicted molar refractivity (Wildman–Crippen MR) is 108 cm³/mol. The third-order valence-corrected chi connectivity index (χ3v) is 4.84. The lowest BCUT2D eigenvalue weighted by Gasteiger charge is -2.22. The molecule has 0 radical (unpaired) electrons. The summed E-state index contributed by atoms with van der Waals surface area (Å²) in [4.78, 5) is 12.3. The van der Waals surface area contributed by atoms with Crippen LogP contribution in [0.3, 0.4) is 0 Å². The molecule has 3 N–H and O–H groups in total. The minimum atomic E-state index is -0.507. The van der Waals surface area contributed by atoms with Gasteiger partial charge >= 0.3 is 0 Å². The molecule has 2 aromatic rings. The molecule has 0 saturated heterocycles. The Labute approximate surface area is 161 Å². The Kier molecular flexibility index (Phi) is 7.67. The van der Waals surface area contributed by atoms with E-state index in [1.165, 1.54) is 0 Å². The van der Waals surface area contributed by atoms with Crippen molar-refractivity contribution in [1.82, 2.24) is 5.32 Å². The topological polar surface area (TPSA) is 73.6 Å². The van der Waals surface area contributed by atoms with Gasteiger partial charge in [-0.15, -0.1) is 0 Å². The molecule has 2 rings (SSSR count). The molecule has 5 heteroatoms. The van der Waals surface area contributed by atoms with Crippen LogP contribution in [0, 0.1) is 5.92 Å². The summed E-state index contributed by atoms with van der Waals surface area (Å²) < 4.78 is 11.4. The zero-order valence-electron chi connectivity index (χ0n) is 16.6. The van der Waals surface area contributed by atoms with E-state index < -0.39 is 6.04 Å². The molecule has 0 spiro atoms. The summed E-state index contributed by atoms with van der Waals surface area (Å²) in [5.74, 6) is 1.30. The van der Waals surface area contributed by atoms with E-state index in [1.807, 2.05) is 69.3 Å². The van der Waals surface area contributed by atoms with Gasteiger partial charge in [0.2, 0.25) is 5.91 Å². The first-order valence-corrected chi connectivity index (χ1v) is 9.36. The van der Waals surface area contributed by atoms with Gasteiger partial charge in [0.1, 0.15) is 6.61 Å². The van der Waals surface area contributed by atoms with Crippen molar-refractivity contribution in [2.24, 2.45) is 11.7 Å². The van der Waals surface area contributed by atoms with E-state index in [0.717, 1.165) is 17.5 Å². The average molecular weight is 370 g/mol. The Morgan fingerprint density at radius 2 is 1.81 bits per heavy atom. The van der Waals surface area contributed by atoms with Crippen LogP contribution < -0.4 is 20.5 Å². The van der Waals surface area contributed by atoms with E-state index in [-0.39, 0.29) is 17.9 Å². The van der Waals surface area contributed by atoms with Crippen molar-refractivity contribution >= 4 is 5.91 Å². The normalized spacial score (nSPS) is 14.1. The van der Waals surface area contributed by atoms with Crippen LogP contribution in [0.2, 0.25) is 0 Å². The molecule has 0 aromatic heterocycles. The number of ether oxygens (including phenoxy) is 2. The number of benzene rings is 2. The molecular formula is C22H30N2O3. The van der Waals surface area contributed by atoms with E-state index in [9.17, 15) is 4.79 Å². The predicted octanol–water partition coefficient (Wildman–Crippen LogP) is 3.82. The van der Waals surface area contributed by atoms with Crippen molar-refractivity contribution in [2.75, 3.05) is 7.11 Å². The second-order valence-corrected chi connectivity index (χ2v) is 6.83. The number of carbonyl (C=O) groups is 1. The fourth-order valence-electron chi connectivity index (χ4n) is 2.71. The Morgan fingerprint density at radius 3 is 2.44 bits per heavy atom. The minimum Gasteiger partial charge on any atom is -0.493 e. The summed E-state index contributed by atoms with van der Waals surface area (Å²) in [5.41, 5.74) is 8.04. The van der Waals surface area contributed by atoms with Crippen LogP contribution in [-0.4, -0.2) is 19.1 Å². The van der Waals surface area contributed by atoms with E-state index in [2.05, 4.69) is 5.32 Å². The maximum atomic E-state index is 12.3. The molecule has 0 aliphatic carbocycles. The Bertz CT molecular complexity index is 734. The van der Waals surface area contributed by atoms with Crippen molar-refractivity contribution in [2.45, 2.75) is 45.9 Å². The van der Waals surface area contributed by atoms with Gasteiger partial charge in [0.15, 0.2) is 11.5 Å². The smallest absolute Gasteiger partial charge is 0.237 e. The van der Waals surface area contributed by atoms with Crippen molar-refractivity contribution in [3.63, 3.8) is 0 Å². The molecule has 0 aliphatic heterocycles. The Balaban J connectivity index is 2.04. The summed E-state index contributed by atoms with van der Waals surface area (Å²) in [5, 5.41) is 2.98. The summed E-state index contributed by atoms with van der Waals surface area (Å²) in [6.07, 6.45) is 0.865. The van der Waals surface area contributed by atoms with Crippen molar-refractivity contribution in [3.05, 3.63) is 59.7 Å². The van der Waals surface area contributed by atoms with Crippen LogP contribution in [0.25, 0.3) is 0 Å². The van der Waals surface area contributed by atoms with Crippen LogP contribution in [0.4, 0.5) is 0 Å². The molecule has 5 nitrogen and oxygen atoms in total. The maximum absolute atomic E-state index is 12.3. The molecule has 0 heterocycles. The Hall–Kier alpha value is -2.53. The number of carbonyl (C=O) groups excluding carboxylic acids is 1. The largest absolute Gasteiger partial charge is 0.493 e. The van der Waals surface area contributed by atoms with Crippen LogP contribution in [-0.2, 0) is 11.4 Å². The van der Waals surface area contributed by atoms with Crippen molar-refractivity contribution < 1.29 is 14.3 Å². The fourth-order valence-corrected chi connectivity index (χ4v) is 2.71.